The van der Waals surface area contributed by atoms with Crippen LogP contribution in [0.25, 0.3) is 5.69 Å². The highest BCUT2D eigenvalue weighted by atomic mass is 16.5. The number of nitrogens with one attached hydrogen (secondary N) is 1. The SMILES string of the molecule is CCOc1ccc2c(c1)NC1(CCN(C(=O)c3c(OC)cccc3OC)CC1)c1cccn1-2. The van der Waals surface area contributed by atoms with Gasteiger partial charge in [0.1, 0.15) is 22.8 Å². The molecular formula is C26H29N3O4. The Balaban J connectivity index is 1.42. The Morgan fingerprint density at radius 2 is 1.76 bits per heavy atom. The van der Waals surface area contributed by atoms with Gasteiger partial charge < -0.3 is 29.0 Å². The molecule has 1 N–H and O–H groups in total. The Morgan fingerprint density at radius 1 is 1.03 bits per heavy atom. The molecule has 172 valence electrons. The summed E-state index contributed by atoms with van der Waals surface area (Å²) in [6, 6.07) is 15.8. The number of carbonyl (C=O) groups excluding carboxylic acids is 1. The van der Waals surface area contributed by atoms with Crippen LogP contribution in [0.3, 0.4) is 0 Å². The second-order valence-corrected chi connectivity index (χ2v) is 8.41. The quantitative estimate of drug-likeness (QED) is 0.626. The number of likely N-dealkylation sites (tertiary alicyclic amines) is 1. The summed E-state index contributed by atoms with van der Waals surface area (Å²) in [5.41, 5.74) is 3.62. The first-order valence-corrected chi connectivity index (χ1v) is 11.3. The molecule has 3 aromatic rings. The summed E-state index contributed by atoms with van der Waals surface area (Å²) in [4.78, 5) is 15.4. The number of fused-ring (bicyclic) bond motifs is 4. The molecule has 2 aliphatic heterocycles. The minimum atomic E-state index is -0.247. The number of rotatable bonds is 5. The summed E-state index contributed by atoms with van der Waals surface area (Å²) in [5, 5.41) is 3.81. The first kappa shape index (κ1) is 21.2. The Bertz CT molecular complexity index is 1160. The number of nitrogens with zero attached hydrogens (tertiary/aromatic N) is 2. The van der Waals surface area contributed by atoms with Crippen LogP contribution in [0.2, 0.25) is 0 Å². The van der Waals surface area contributed by atoms with Crippen molar-refractivity contribution >= 4 is 11.6 Å². The maximum atomic E-state index is 13.5. The Hall–Kier alpha value is -3.61. The molecule has 0 bridgehead atoms. The highest BCUT2D eigenvalue weighted by molar-refractivity contribution is 5.99. The molecule has 2 aromatic carbocycles. The van der Waals surface area contributed by atoms with Crippen LogP contribution in [0.15, 0.2) is 54.7 Å². The number of amides is 1. The minimum Gasteiger partial charge on any atom is -0.496 e. The molecule has 7 nitrogen and oxygen atoms in total. The molecule has 1 fully saturated rings. The van der Waals surface area contributed by atoms with Crippen molar-refractivity contribution in [3.8, 4) is 22.9 Å². The minimum absolute atomic E-state index is 0.0654. The van der Waals surface area contributed by atoms with Crippen LogP contribution >= 0.6 is 0 Å². The topological polar surface area (TPSA) is 65.0 Å². The van der Waals surface area contributed by atoms with Crippen LogP contribution in [-0.4, -0.2) is 49.3 Å². The number of hydrogen-bond acceptors (Lipinski definition) is 5. The molecule has 0 aliphatic carbocycles. The highest BCUT2D eigenvalue weighted by Gasteiger charge is 2.43. The molecule has 5 rings (SSSR count). The molecular weight excluding hydrogens is 418 g/mol. The second-order valence-electron chi connectivity index (χ2n) is 8.41. The largest absolute Gasteiger partial charge is 0.496 e. The normalized spacial score (nSPS) is 15.9. The molecule has 1 aromatic heterocycles. The van der Waals surface area contributed by atoms with Gasteiger partial charge in [0.05, 0.1) is 37.7 Å². The third-order valence-electron chi connectivity index (χ3n) is 6.70. The van der Waals surface area contributed by atoms with Crippen molar-refractivity contribution in [3.63, 3.8) is 0 Å². The van der Waals surface area contributed by atoms with E-state index < -0.39 is 0 Å². The number of carbonyl (C=O) groups is 1. The van der Waals surface area contributed by atoms with Crippen LogP contribution in [0.4, 0.5) is 5.69 Å². The van der Waals surface area contributed by atoms with Crippen molar-refractivity contribution in [3.05, 3.63) is 66.0 Å². The van der Waals surface area contributed by atoms with Crippen molar-refractivity contribution < 1.29 is 19.0 Å². The third-order valence-corrected chi connectivity index (χ3v) is 6.70. The number of anilines is 1. The van der Waals surface area contributed by atoms with Gasteiger partial charge in [-0.1, -0.05) is 6.07 Å². The fraction of sp³-hybridized carbons (Fsp3) is 0.346. The molecule has 0 unspecified atom stereocenters. The lowest BCUT2D eigenvalue weighted by Crippen LogP contribution is -2.51. The van der Waals surface area contributed by atoms with E-state index in [-0.39, 0.29) is 11.4 Å². The number of ether oxygens (including phenoxy) is 3. The van der Waals surface area contributed by atoms with E-state index in [0.29, 0.717) is 36.8 Å². The van der Waals surface area contributed by atoms with E-state index in [0.717, 1.165) is 30.0 Å². The first-order valence-electron chi connectivity index (χ1n) is 11.3. The maximum Gasteiger partial charge on any atom is 0.261 e. The van der Waals surface area contributed by atoms with E-state index in [1.165, 1.54) is 5.69 Å². The fourth-order valence-corrected chi connectivity index (χ4v) is 5.08. The monoisotopic (exact) mass is 447 g/mol. The molecule has 7 heteroatoms. The van der Waals surface area contributed by atoms with Gasteiger partial charge in [-0.2, -0.15) is 0 Å². The Kier molecular flexibility index (Phi) is 5.40. The van der Waals surface area contributed by atoms with Gasteiger partial charge in [0, 0.05) is 31.0 Å². The van der Waals surface area contributed by atoms with Gasteiger partial charge in [-0.3, -0.25) is 4.79 Å². The maximum absolute atomic E-state index is 13.5. The molecule has 3 heterocycles. The molecule has 1 amide bonds. The number of piperidine rings is 1. The summed E-state index contributed by atoms with van der Waals surface area (Å²) in [5.74, 6) is 1.85. The van der Waals surface area contributed by atoms with Gasteiger partial charge in [0.15, 0.2) is 0 Å². The predicted molar refractivity (Wildman–Crippen MR) is 127 cm³/mol. The van der Waals surface area contributed by atoms with E-state index in [9.17, 15) is 4.79 Å². The Morgan fingerprint density at radius 3 is 2.42 bits per heavy atom. The van der Waals surface area contributed by atoms with Crippen molar-refractivity contribution in [1.82, 2.24) is 9.47 Å². The number of benzene rings is 2. The van der Waals surface area contributed by atoms with Crippen LogP contribution in [-0.2, 0) is 5.54 Å². The molecule has 0 atom stereocenters. The summed E-state index contributed by atoms with van der Waals surface area (Å²) in [6.07, 6.45) is 3.69. The standard InChI is InChI=1S/C26H29N3O4/c1-4-33-18-10-11-20-19(17-18)27-26(23-9-6-14-29(20)23)12-15-28(16-13-26)25(30)24-21(31-2)7-5-8-22(24)32-3/h5-11,14,17,27H,4,12-13,15-16H2,1-3H3. The van der Waals surface area contributed by atoms with Crippen LogP contribution in [0.5, 0.6) is 17.2 Å². The van der Waals surface area contributed by atoms with E-state index in [1.54, 1.807) is 26.4 Å². The van der Waals surface area contributed by atoms with Crippen LogP contribution in [0, 0.1) is 0 Å². The lowest BCUT2D eigenvalue weighted by molar-refractivity contribution is 0.0669. The first-order chi connectivity index (χ1) is 16.1. The third kappa shape index (κ3) is 3.48. The molecule has 1 spiro atoms. The molecule has 0 saturated carbocycles. The zero-order valence-electron chi connectivity index (χ0n) is 19.3. The van der Waals surface area contributed by atoms with Gasteiger partial charge in [-0.25, -0.2) is 0 Å². The zero-order chi connectivity index (χ0) is 23.0. The number of aromatic nitrogens is 1. The van der Waals surface area contributed by atoms with Crippen molar-refractivity contribution in [2.24, 2.45) is 0 Å². The van der Waals surface area contributed by atoms with Crippen molar-refractivity contribution in [1.29, 1.82) is 0 Å². The van der Waals surface area contributed by atoms with Crippen LogP contribution < -0.4 is 19.5 Å². The van der Waals surface area contributed by atoms with E-state index >= 15 is 0 Å². The fourth-order valence-electron chi connectivity index (χ4n) is 5.08. The zero-order valence-corrected chi connectivity index (χ0v) is 19.3. The predicted octanol–water partition coefficient (Wildman–Crippen LogP) is 4.45. The average Bonchev–Trinajstić information content (AvgIpc) is 3.35. The average molecular weight is 448 g/mol. The summed E-state index contributed by atoms with van der Waals surface area (Å²) >= 11 is 0. The van der Waals surface area contributed by atoms with Crippen molar-refractivity contribution in [2.75, 3.05) is 39.2 Å². The molecule has 1 saturated heterocycles. The van der Waals surface area contributed by atoms with Gasteiger partial charge in [0.25, 0.3) is 5.91 Å². The Labute approximate surface area is 193 Å². The van der Waals surface area contributed by atoms with E-state index in [4.69, 9.17) is 14.2 Å². The molecule has 33 heavy (non-hydrogen) atoms. The van der Waals surface area contributed by atoms with E-state index in [1.807, 2.05) is 24.0 Å². The van der Waals surface area contributed by atoms with Crippen molar-refractivity contribution in [2.45, 2.75) is 25.3 Å². The summed E-state index contributed by atoms with van der Waals surface area (Å²) < 4.78 is 18.9. The second kappa shape index (κ2) is 8.39. The van der Waals surface area contributed by atoms with Crippen LogP contribution in [0.1, 0.15) is 35.8 Å². The number of hydrogen-bond donors (Lipinski definition) is 1. The van der Waals surface area contributed by atoms with Gasteiger partial charge in [-0.15, -0.1) is 0 Å². The van der Waals surface area contributed by atoms with E-state index in [2.05, 4.69) is 40.3 Å². The summed E-state index contributed by atoms with van der Waals surface area (Å²) in [7, 11) is 3.15. The number of methoxy groups -OCH3 is 2. The summed E-state index contributed by atoms with van der Waals surface area (Å²) in [6.45, 7) is 3.86. The lowest BCUT2D eigenvalue weighted by Gasteiger charge is -2.46. The smallest absolute Gasteiger partial charge is 0.261 e. The van der Waals surface area contributed by atoms with Gasteiger partial charge in [-0.05, 0) is 56.2 Å². The van der Waals surface area contributed by atoms with Gasteiger partial charge in [0.2, 0.25) is 0 Å². The van der Waals surface area contributed by atoms with Gasteiger partial charge >= 0.3 is 0 Å². The highest BCUT2D eigenvalue weighted by Crippen LogP contribution is 2.45. The lowest BCUT2D eigenvalue weighted by atomic mass is 9.82. The molecule has 0 radical (unpaired) electrons. The molecule has 2 aliphatic rings.